The third-order valence-electron chi connectivity index (χ3n) is 16.1. The van der Waals surface area contributed by atoms with Gasteiger partial charge >= 0.3 is 0 Å². The minimum Gasteiger partial charge on any atom is -0.508 e. The van der Waals surface area contributed by atoms with E-state index >= 15 is 0 Å². The Morgan fingerprint density at radius 2 is 1.35 bits per heavy atom. The van der Waals surface area contributed by atoms with Gasteiger partial charge in [0.2, 0.25) is 41.4 Å². The van der Waals surface area contributed by atoms with Crippen LogP contribution in [0.1, 0.15) is 136 Å². The molecular formula is C64H90N12O12. The van der Waals surface area contributed by atoms with E-state index in [-0.39, 0.29) is 111 Å². The summed E-state index contributed by atoms with van der Waals surface area (Å²) in [5.74, 6) is -7.75. The molecule has 4 heterocycles. The van der Waals surface area contributed by atoms with Gasteiger partial charge in [0.1, 0.15) is 29.9 Å². The summed E-state index contributed by atoms with van der Waals surface area (Å²) >= 11 is 0. The Bertz CT molecular complexity index is 3060. The first kappa shape index (κ1) is 68.8. The van der Waals surface area contributed by atoms with Crippen LogP contribution in [0.25, 0.3) is 10.9 Å². The van der Waals surface area contributed by atoms with Crippen LogP contribution in [0.4, 0.5) is 0 Å². The number of nitrogens with two attached hydrogens (primary N) is 2. The predicted molar refractivity (Wildman–Crippen MR) is 332 cm³/mol. The summed E-state index contributed by atoms with van der Waals surface area (Å²) in [6.45, 7) is 11.0. The van der Waals surface area contributed by atoms with Crippen molar-refractivity contribution in [2.75, 3.05) is 19.7 Å². The van der Waals surface area contributed by atoms with Gasteiger partial charge in [-0.3, -0.25) is 57.9 Å². The lowest BCUT2D eigenvalue weighted by Gasteiger charge is -2.30. The van der Waals surface area contributed by atoms with Crippen molar-refractivity contribution in [2.45, 2.75) is 180 Å². The van der Waals surface area contributed by atoms with Gasteiger partial charge in [-0.2, -0.15) is 0 Å². The quantitative estimate of drug-likeness (QED) is 0.0229. The molecule has 2 fully saturated rings. The molecule has 478 valence electrons. The fourth-order valence-corrected chi connectivity index (χ4v) is 11.6. The smallest absolute Gasteiger partial charge is 0.245 e. The zero-order chi connectivity index (χ0) is 64.2. The number of nitrogens with one attached hydrogen (secondary N) is 7. The average Bonchev–Trinajstić information content (AvgIpc) is 2.27. The Morgan fingerprint density at radius 3 is 1.99 bits per heavy atom. The highest BCUT2D eigenvalue weighted by atomic mass is 16.3. The number of carbonyl (C=O) groups is 10. The summed E-state index contributed by atoms with van der Waals surface area (Å²) in [5.41, 5.74) is 13.7. The number of hydrogen-bond acceptors (Lipinski definition) is 14. The van der Waals surface area contributed by atoms with Crippen molar-refractivity contribution in [3.8, 4) is 5.75 Å². The number of Topliss-reactive ketones (excluding diaryl/α,β-unsaturated/α-hetero) is 3. The number of benzene rings is 2. The highest BCUT2D eigenvalue weighted by molar-refractivity contribution is 5.99. The number of nitrogens with zero attached hydrogens (tertiary/aromatic N) is 3. The monoisotopic (exact) mass is 1220 g/mol. The molecule has 13 N–H and O–H groups in total. The maximum atomic E-state index is 14.8. The number of guanidine groups is 1. The summed E-state index contributed by atoms with van der Waals surface area (Å²) in [4.78, 5) is 154. The van der Waals surface area contributed by atoms with Crippen molar-refractivity contribution in [1.29, 1.82) is 0 Å². The zero-order valence-corrected chi connectivity index (χ0v) is 51.5. The van der Waals surface area contributed by atoms with Gasteiger partial charge in [0.05, 0.1) is 24.7 Å². The van der Waals surface area contributed by atoms with Gasteiger partial charge in [-0.15, -0.1) is 0 Å². The topological polar surface area (TPSA) is 379 Å². The molecule has 9 atom stereocenters. The number of carbonyl (C=O) groups excluding carboxylic acids is 10. The highest BCUT2D eigenvalue weighted by Gasteiger charge is 2.40. The summed E-state index contributed by atoms with van der Waals surface area (Å²) in [6.07, 6.45) is 7.15. The second-order valence-electron chi connectivity index (χ2n) is 24.8. The molecule has 0 unspecified atom stereocenters. The maximum Gasteiger partial charge on any atom is 0.245 e. The van der Waals surface area contributed by atoms with Crippen LogP contribution < -0.4 is 43.4 Å². The number of aliphatic imine (C=N–C) groups is 2. The number of aromatic amines is 1. The minimum atomic E-state index is -1.70. The number of amides is 7. The molecule has 7 amide bonds. The number of fused-ring (bicyclic) bond motifs is 1. The number of aromatic nitrogens is 1. The number of aliphatic hydroxyl groups is 1. The molecule has 88 heavy (non-hydrogen) atoms. The summed E-state index contributed by atoms with van der Waals surface area (Å²) < 4.78 is 0. The second kappa shape index (κ2) is 33.2. The Labute approximate surface area is 514 Å². The number of rotatable bonds is 35. The van der Waals surface area contributed by atoms with Gasteiger partial charge in [0.25, 0.3) is 0 Å². The van der Waals surface area contributed by atoms with Gasteiger partial charge < -0.3 is 63.5 Å². The van der Waals surface area contributed by atoms with E-state index in [0.29, 0.717) is 49.8 Å². The standard InChI is InChI=1S/C64H90N12O12/c1-36(2)25-42(58(83)71-48(26-37(3)4)54(79)31-41(11-9-22-68-64(65)66)63(88)76-24-10-14-53(76)56(81)27-38(5)6)32-55(80)49(28-39-15-17-44(78)18-16-39)72-62(87)52(35-77)75-61(86)51(30-43-34-69-46-13-8-7-12-45(43)46)74-60(85)50(29-40-21-23-67-33-40)73-59(84)47-19-20-57(82)70-47/h7-8,12-13,15-18,23,33-34,36-38,41-42,47-53,69,77-78H,9-11,14,19-22,24-32,35H2,1-6H3,(H,70,82)(H,71,83)(H,72,87)(H,73,84)(H,74,85)(H,75,86)(H4,65,66,68)/t41-,42+,47+,48+,49+,50+,51+,52+,53+/m1/s1. The van der Waals surface area contributed by atoms with E-state index in [2.05, 4.69) is 46.9 Å². The van der Waals surface area contributed by atoms with Crippen LogP contribution in [-0.2, 0) is 60.8 Å². The van der Waals surface area contributed by atoms with E-state index in [9.17, 15) is 58.2 Å². The van der Waals surface area contributed by atoms with E-state index in [0.717, 1.165) is 16.5 Å². The van der Waals surface area contributed by atoms with Crippen molar-refractivity contribution in [3.05, 3.63) is 77.6 Å². The molecule has 1 aromatic heterocycles. The molecule has 0 aliphatic carbocycles. The predicted octanol–water partition coefficient (Wildman–Crippen LogP) is 3.00. The van der Waals surface area contributed by atoms with E-state index in [1.54, 1.807) is 41.7 Å². The van der Waals surface area contributed by atoms with Crippen LogP contribution in [-0.4, -0.2) is 153 Å². The first-order chi connectivity index (χ1) is 41.9. The number of aliphatic hydroxyl groups excluding tert-OH is 1. The van der Waals surface area contributed by atoms with Gasteiger partial charge in [-0.1, -0.05) is 71.9 Å². The van der Waals surface area contributed by atoms with Crippen LogP contribution in [0.15, 0.2) is 76.5 Å². The zero-order valence-electron chi connectivity index (χ0n) is 51.5. The Hall–Kier alpha value is -8.28. The van der Waals surface area contributed by atoms with Gasteiger partial charge in [0.15, 0.2) is 23.3 Å². The normalized spacial score (nSPS) is 18.0. The van der Waals surface area contributed by atoms with Crippen molar-refractivity contribution in [3.63, 3.8) is 0 Å². The number of para-hydroxylation sites is 1. The Kier molecular flexibility index (Phi) is 25.9. The first-order valence-corrected chi connectivity index (χ1v) is 30.8. The molecule has 24 heteroatoms. The molecule has 3 aliphatic heterocycles. The van der Waals surface area contributed by atoms with Crippen molar-refractivity contribution >= 4 is 81.8 Å². The van der Waals surface area contributed by atoms with E-state index in [4.69, 9.17) is 11.5 Å². The fraction of sp³-hybridized carbons (Fsp3) is 0.562. The summed E-state index contributed by atoms with van der Waals surface area (Å²) in [5, 5.41) is 38.0. The van der Waals surface area contributed by atoms with Crippen LogP contribution >= 0.6 is 0 Å². The SMILES string of the molecule is CC(C)CC(=O)[C@@H]1CCCN1C(=O)[C@H](CCCN=C(N)N)CC(=O)[C@H](CC(C)C)NC(=O)[C@H](CC(=O)[C@H](Cc1ccc(O)cc1)NC(=O)[C@H](CO)NC(=O)[C@H](Cc1c[nH]c2ccccc12)NC(=O)[C@H](CC1=CN=CC1)NC(=O)[C@@H]1CCC(=O)N1)CC(C)C. The van der Waals surface area contributed by atoms with Crippen LogP contribution in [0.5, 0.6) is 5.75 Å². The van der Waals surface area contributed by atoms with E-state index in [1.807, 2.05) is 59.7 Å². The molecule has 3 aromatic rings. The molecule has 0 spiro atoms. The number of hydrogen-bond donors (Lipinski definition) is 11. The third kappa shape index (κ3) is 20.7. The van der Waals surface area contributed by atoms with Gasteiger partial charge in [-0.05, 0) is 110 Å². The lowest BCUT2D eigenvalue weighted by Crippen LogP contribution is -2.59. The Balaban J connectivity index is 1.22. The maximum absolute atomic E-state index is 14.8. The molecule has 0 saturated carbocycles. The number of phenolic OH excluding ortho intramolecular Hbond substituents is 1. The number of aromatic hydroxyl groups is 1. The number of likely N-dealkylation sites (tertiary alicyclic amines) is 1. The van der Waals surface area contributed by atoms with Gasteiger partial charge in [0, 0.05) is 93.0 Å². The largest absolute Gasteiger partial charge is 0.508 e. The molecule has 0 bridgehead atoms. The third-order valence-corrected chi connectivity index (χ3v) is 16.1. The van der Waals surface area contributed by atoms with Crippen molar-refractivity contribution in [1.82, 2.24) is 41.8 Å². The number of phenols is 1. The average molecular weight is 1220 g/mol. The van der Waals surface area contributed by atoms with E-state index in [1.165, 1.54) is 12.1 Å². The number of ketones is 3. The van der Waals surface area contributed by atoms with Crippen molar-refractivity contribution < 1.29 is 58.2 Å². The number of H-pyrrole nitrogens is 1. The fourth-order valence-electron chi connectivity index (χ4n) is 11.6. The Morgan fingerprint density at radius 1 is 0.716 bits per heavy atom. The lowest BCUT2D eigenvalue weighted by molar-refractivity contribution is -0.143. The summed E-state index contributed by atoms with van der Waals surface area (Å²) in [7, 11) is 0. The molecule has 3 aliphatic rings. The summed E-state index contributed by atoms with van der Waals surface area (Å²) in [6, 6.07) is 4.88. The van der Waals surface area contributed by atoms with Crippen LogP contribution in [0.3, 0.4) is 0 Å². The van der Waals surface area contributed by atoms with Crippen LogP contribution in [0.2, 0.25) is 0 Å². The lowest BCUT2D eigenvalue weighted by atomic mass is 9.86. The van der Waals surface area contributed by atoms with Crippen LogP contribution in [0, 0.1) is 29.6 Å². The molecule has 2 aromatic carbocycles. The minimum absolute atomic E-state index is 0.0172. The van der Waals surface area contributed by atoms with E-state index < -0.39 is 108 Å². The molecule has 2 saturated heterocycles. The highest BCUT2D eigenvalue weighted by Crippen LogP contribution is 2.28. The molecule has 0 radical (unpaired) electrons. The van der Waals surface area contributed by atoms with Gasteiger partial charge in [-0.25, -0.2) is 0 Å². The molecular weight excluding hydrogens is 1130 g/mol. The second-order valence-corrected chi connectivity index (χ2v) is 24.8. The van der Waals surface area contributed by atoms with Crippen molar-refractivity contribution in [2.24, 2.45) is 51.0 Å². The molecule has 24 nitrogen and oxygen atoms in total. The first-order valence-electron chi connectivity index (χ1n) is 30.8. The molecule has 6 rings (SSSR count).